The van der Waals surface area contributed by atoms with E-state index in [0.29, 0.717) is 5.56 Å². The lowest BCUT2D eigenvalue weighted by Crippen LogP contribution is -2.35. The standard InChI is InChI=1S/C25H25N3O4/c1-26-22-8-7-18(25(30)31)13-20(22)21-14-19(24(29)27(2)23(21)26)17-5-3-16(4-6-17)15-28-9-11-32-12-10-28/h3-8,13-14H,9-12,15H2,1-2H3,(H,30,31). The topological polar surface area (TPSA) is 76.7 Å². The Labute approximate surface area is 185 Å². The van der Waals surface area contributed by atoms with Crippen molar-refractivity contribution in [3.63, 3.8) is 0 Å². The Hall–Kier alpha value is -3.42. The van der Waals surface area contributed by atoms with E-state index in [2.05, 4.69) is 17.0 Å². The minimum absolute atomic E-state index is 0.0807. The fourth-order valence-corrected chi connectivity index (χ4v) is 4.64. The Morgan fingerprint density at radius 3 is 2.38 bits per heavy atom. The third-order valence-electron chi connectivity index (χ3n) is 6.37. The highest BCUT2D eigenvalue weighted by Gasteiger charge is 2.17. The maximum atomic E-state index is 13.2. The number of ether oxygens (including phenoxy) is 1. The lowest BCUT2D eigenvalue weighted by Gasteiger charge is -2.26. The van der Waals surface area contributed by atoms with E-state index in [0.717, 1.165) is 60.3 Å². The van der Waals surface area contributed by atoms with Crippen molar-refractivity contribution >= 4 is 27.9 Å². The molecule has 1 aliphatic heterocycles. The van der Waals surface area contributed by atoms with E-state index < -0.39 is 5.97 Å². The minimum Gasteiger partial charge on any atom is -0.478 e. The Morgan fingerprint density at radius 2 is 1.69 bits per heavy atom. The van der Waals surface area contributed by atoms with Gasteiger partial charge in [-0.1, -0.05) is 24.3 Å². The molecule has 1 fully saturated rings. The third kappa shape index (κ3) is 3.39. The third-order valence-corrected chi connectivity index (χ3v) is 6.37. The van der Waals surface area contributed by atoms with E-state index in [1.165, 1.54) is 5.56 Å². The molecule has 164 valence electrons. The van der Waals surface area contributed by atoms with Crippen molar-refractivity contribution in [3.05, 3.63) is 70.0 Å². The summed E-state index contributed by atoms with van der Waals surface area (Å²) in [6.45, 7) is 4.25. The molecule has 0 amide bonds. The van der Waals surface area contributed by atoms with Crippen LogP contribution < -0.4 is 5.56 Å². The number of nitrogens with zero attached hydrogens (tertiary/aromatic N) is 3. The SMILES string of the molecule is Cn1c(=O)c(-c2ccc(CN3CCOCC3)cc2)cc2c3cc(C(=O)O)ccc3n(C)c21. The minimum atomic E-state index is -0.968. The Bertz CT molecular complexity index is 1390. The zero-order chi connectivity index (χ0) is 22.4. The van der Waals surface area contributed by atoms with Crippen molar-refractivity contribution in [2.24, 2.45) is 14.1 Å². The molecule has 1 aliphatic rings. The van der Waals surface area contributed by atoms with Gasteiger partial charge in [-0.2, -0.15) is 0 Å². The van der Waals surface area contributed by atoms with Crippen molar-refractivity contribution < 1.29 is 14.6 Å². The molecule has 32 heavy (non-hydrogen) atoms. The summed E-state index contributed by atoms with van der Waals surface area (Å²) < 4.78 is 9.00. The van der Waals surface area contributed by atoms with Gasteiger partial charge in [0.2, 0.25) is 0 Å². The van der Waals surface area contributed by atoms with Gasteiger partial charge < -0.3 is 14.4 Å². The van der Waals surface area contributed by atoms with Crippen molar-refractivity contribution in [2.75, 3.05) is 26.3 Å². The summed E-state index contributed by atoms with van der Waals surface area (Å²) in [5, 5.41) is 11.1. The molecule has 2 aromatic carbocycles. The Morgan fingerprint density at radius 1 is 0.969 bits per heavy atom. The molecule has 7 nitrogen and oxygen atoms in total. The van der Waals surface area contributed by atoms with Gasteiger partial charge >= 0.3 is 5.97 Å². The van der Waals surface area contributed by atoms with E-state index in [-0.39, 0.29) is 11.1 Å². The summed E-state index contributed by atoms with van der Waals surface area (Å²) in [5.74, 6) is -0.968. The van der Waals surface area contributed by atoms with Gasteiger partial charge in [-0.15, -0.1) is 0 Å². The predicted octanol–water partition coefficient (Wildman–Crippen LogP) is 3.23. The van der Waals surface area contributed by atoms with E-state index in [4.69, 9.17) is 4.74 Å². The Kier molecular flexibility index (Phi) is 5.07. The van der Waals surface area contributed by atoms with E-state index in [1.807, 2.05) is 29.8 Å². The number of hydrogen-bond acceptors (Lipinski definition) is 4. The summed E-state index contributed by atoms with van der Waals surface area (Å²) >= 11 is 0. The number of carbonyl (C=O) groups is 1. The second-order valence-electron chi connectivity index (χ2n) is 8.34. The summed E-state index contributed by atoms with van der Waals surface area (Å²) in [6, 6.07) is 15.1. The van der Waals surface area contributed by atoms with Gasteiger partial charge in [-0.3, -0.25) is 14.3 Å². The summed E-state index contributed by atoms with van der Waals surface area (Å²) in [6.07, 6.45) is 0. The fourth-order valence-electron chi connectivity index (χ4n) is 4.64. The molecule has 0 radical (unpaired) electrons. The summed E-state index contributed by atoms with van der Waals surface area (Å²) in [4.78, 5) is 27.1. The zero-order valence-corrected chi connectivity index (χ0v) is 18.2. The largest absolute Gasteiger partial charge is 0.478 e. The number of morpholine rings is 1. The molecule has 7 heteroatoms. The second-order valence-corrected chi connectivity index (χ2v) is 8.34. The first kappa shape index (κ1) is 20.5. The maximum absolute atomic E-state index is 13.2. The fraction of sp³-hybridized carbons (Fsp3) is 0.280. The van der Waals surface area contributed by atoms with Crippen molar-refractivity contribution in [2.45, 2.75) is 6.54 Å². The number of carboxylic acids is 1. The number of rotatable bonds is 4. The van der Waals surface area contributed by atoms with Gasteiger partial charge in [0.1, 0.15) is 5.65 Å². The first-order chi connectivity index (χ1) is 15.4. The van der Waals surface area contributed by atoms with Crippen LogP contribution in [0.4, 0.5) is 0 Å². The lowest BCUT2D eigenvalue weighted by atomic mass is 10.0. The average molecular weight is 431 g/mol. The molecule has 0 saturated carbocycles. The van der Waals surface area contributed by atoms with Crippen LogP contribution in [-0.2, 0) is 25.4 Å². The second kappa shape index (κ2) is 7.93. The molecule has 0 spiro atoms. The number of pyridine rings is 1. The van der Waals surface area contributed by atoms with Crippen LogP contribution in [0.25, 0.3) is 33.1 Å². The van der Waals surface area contributed by atoms with Crippen LogP contribution in [0.3, 0.4) is 0 Å². The number of benzene rings is 2. The van der Waals surface area contributed by atoms with E-state index in [9.17, 15) is 14.7 Å². The summed E-state index contributed by atoms with van der Waals surface area (Å²) in [7, 11) is 3.66. The normalized spacial score (nSPS) is 14.9. The van der Waals surface area contributed by atoms with Gasteiger partial charge in [-0.25, -0.2) is 4.79 Å². The highest BCUT2D eigenvalue weighted by Crippen LogP contribution is 2.31. The van der Waals surface area contributed by atoms with Gasteiger partial charge in [0.15, 0.2) is 0 Å². The van der Waals surface area contributed by atoms with Crippen LogP contribution in [0.15, 0.2) is 53.3 Å². The van der Waals surface area contributed by atoms with Crippen LogP contribution in [0, 0.1) is 0 Å². The molecule has 5 rings (SSSR count). The van der Waals surface area contributed by atoms with Crippen LogP contribution in [-0.4, -0.2) is 51.4 Å². The number of fused-ring (bicyclic) bond motifs is 3. The van der Waals surface area contributed by atoms with Gasteiger partial charge in [0.25, 0.3) is 5.56 Å². The highest BCUT2D eigenvalue weighted by molar-refractivity contribution is 6.10. The number of aromatic nitrogens is 2. The molecule has 0 bridgehead atoms. The first-order valence-electron chi connectivity index (χ1n) is 10.7. The van der Waals surface area contributed by atoms with Crippen LogP contribution in [0.1, 0.15) is 15.9 Å². The number of carboxylic acid groups (broad SMARTS) is 1. The molecular formula is C25H25N3O4. The average Bonchev–Trinajstić information content (AvgIpc) is 3.09. The molecule has 3 heterocycles. The molecular weight excluding hydrogens is 406 g/mol. The van der Waals surface area contributed by atoms with Gasteiger partial charge in [0, 0.05) is 50.1 Å². The van der Waals surface area contributed by atoms with Gasteiger partial charge in [0.05, 0.1) is 24.3 Å². The highest BCUT2D eigenvalue weighted by atomic mass is 16.5. The predicted molar refractivity (Wildman–Crippen MR) is 124 cm³/mol. The molecule has 1 saturated heterocycles. The lowest BCUT2D eigenvalue weighted by molar-refractivity contribution is 0.0342. The van der Waals surface area contributed by atoms with Crippen LogP contribution in [0.5, 0.6) is 0 Å². The Balaban J connectivity index is 1.60. The molecule has 1 N–H and O–H groups in total. The smallest absolute Gasteiger partial charge is 0.335 e. The monoisotopic (exact) mass is 431 g/mol. The van der Waals surface area contributed by atoms with Crippen molar-refractivity contribution in [1.82, 2.24) is 14.0 Å². The van der Waals surface area contributed by atoms with Crippen LogP contribution in [0.2, 0.25) is 0 Å². The van der Waals surface area contributed by atoms with E-state index in [1.54, 1.807) is 29.8 Å². The number of aromatic carboxylic acids is 1. The molecule has 4 aromatic rings. The van der Waals surface area contributed by atoms with Crippen molar-refractivity contribution in [3.8, 4) is 11.1 Å². The van der Waals surface area contributed by atoms with Gasteiger partial charge in [-0.05, 0) is 35.4 Å². The molecule has 0 atom stereocenters. The van der Waals surface area contributed by atoms with Crippen molar-refractivity contribution in [1.29, 1.82) is 0 Å². The maximum Gasteiger partial charge on any atom is 0.335 e. The molecule has 0 unspecified atom stereocenters. The first-order valence-corrected chi connectivity index (χ1v) is 10.7. The molecule has 0 aliphatic carbocycles. The van der Waals surface area contributed by atoms with E-state index >= 15 is 0 Å². The number of aryl methyl sites for hydroxylation is 2. The molecule has 2 aromatic heterocycles. The zero-order valence-electron chi connectivity index (χ0n) is 18.2. The summed E-state index contributed by atoms with van der Waals surface area (Å²) in [5.41, 5.74) is 4.45. The number of hydrogen-bond donors (Lipinski definition) is 1. The quantitative estimate of drug-likeness (QED) is 0.537. The van der Waals surface area contributed by atoms with Crippen LogP contribution >= 0.6 is 0 Å².